The number of fused-ring (bicyclic) bond motifs is 1. The van der Waals surface area contributed by atoms with E-state index in [1.54, 1.807) is 24.7 Å². The number of benzene rings is 1. The van der Waals surface area contributed by atoms with Gasteiger partial charge in [0, 0.05) is 23.6 Å². The lowest BCUT2D eigenvalue weighted by Gasteiger charge is -2.34. The van der Waals surface area contributed by atoms with E-state index in [2.05, 4.69) is 5.32 Å². The number of carbonyl (C=O) groups is 1. The van der Waals surface area contributed by atoms with Crippen LogP contribution >= 0.6 is 0 Å². The van der Waals surface area contributed by atoms with Crippen LogP contribution in [0.5, 0.6) is 5.75 Å². The second-order valence-corrected chi connectivity index (χ2v) is 5.23. The van der Waals surface area contributed by atoms with Crippen LogP contribution in [0.1, 0.15) is 17.5 Å². The number of carbonyl (C=O) groups excluding carboxylic acids is 1. The number of hydrogen-bond donors (Lipinski definition) is 2. The Morgan fingerprint density at radius 1 is 1.36 bits per heavy atom. The van der Waals surface area contributed by atoms with Gasteiger partial charge in [0.15, 0.2) is 0 Å². The zero-order valence-corrected chi connectivity index (χ0v) is 12.0. The number of amides is 1. The first kappa shape index (κ1) is 14.4. The predicted octanol–water partition coefficient (Wildman–Crippen LogP) is 2.08. The van der Waals surface area contributed by atoms with Gasteiger partial charge in [-0.1, -0.05) is 18.2 Å². The first-order chi connectivity index (χ1) is 10.7. The van der Waals surface area contributed by atoms with Gasteiger partial charge in [-0.25, -0.2) is 0 Å². The van der Waals surface area contributed by atoms with E-state index in [1.807, 2.05) is 24.3 Å². The van der Waals surface area contributed by atoms with E-state index in [0.717, 1.165) is 5.56 Å². The zero-order chi connectivity index (χ0) is 15.4. The van der Waals surface area contributed by atoms with Crippen LogP contribution in [0.15, 0.2) is 53.4 Å². The predicted molar refractivity (Wildman–Crippen MR) is 81.2 cm³/mol. The fraction of sp³-hybridized carbons (Fsp3) is 0.235. The number of furan rings is 1. The van der Waals surface area contributed by atoms with E-state index < -0.39 is 5.60 Å². The van der Waals surface area contributed by atoms with Crippen LogP contribution in [0.25, 0.3) is 6.08 Å². The van der Waals surface area contributed by atoms with Gasteiger partial charge in [-0.05, 0) is 18.2 Å². The summed E-state index contributed by atoms with van der Waals surface area (Å²) in [6, 6.07) is 9.10. The van der Waals surface area contributed by atoms with Crippen LogP contribution in [0, 0.1) is 0 Å². The van der Waals surface area contributed by atoms with Crippen molar-refractivity contribution in [3.63, 3.8) is 0 Å². The number of hydrogen-bond acceptors (Lipinski definition) is 4. The third-order valence-electron chi connectivity index (χ3n) is 3.69. The zero-order valence-electron chi connectivity index (χ0n) is 12.0. The first-order valence-corrected chi connectivity index (χ1v) is 7.10. The maximum atomic E-state index is 11.9. The van der Waals surface area contributed by atoms with Crippen molar-refractivity contribution in [3.05, 3.63) is 60.1 Å². The Hall–Kier alpha value is -2.53. The maximum Gasteiger partial charge on any atom is 0.244 e. The van der Waals surface area contributed by atoms with Crippen molar-refractivity contribution in [2.75, 3.05) is 13.2 Å². The minimum absolute atomic E-state index is 0.141. The molecule has 1 amide bonds. The highest BCUT2D eigenvalue weighted by Crippen LogP contribution is 2.36. The summed E-state index contributed by atoms with van der Waals surface area (Å²) in [5, 5.41) is 13.5. The summed E-state index contributed by atoms with van der Waals surface area (Å²) >= 11 is 0. The van der Waals surface area contributed by atoms with E-state index in [4.69, 9.17) is 9.15 Å². The van der Waals surface area contributed by atoms with E-state index in [9.17, 15) is 9.90 Å². The van der Waals surface area contributed by atoms with Crippen LogP contribution < -0.4 is 10.1 Å². The first-order valence-electron chi connectivity index (χ1n) is 7.10. The van der Waals surface area contributed by atoms with Crippen molar-refractivity contribution in [1.29, 1.82) is 0 Å². The van der Waals surface area contributed by atoms with E-state index in [-0.39, 0.29) is 12.5 Å². The number of nitrogens with one attached hydrogen (secondary N) is 1. The van der Waals surface area contributed by atoms with Crippen LogP contribution in [-0.2, 0) is 10.4 Å². The average Bonchev–Trinajstić information content (AvgIpc) is 3.05. The molecule has 0 aliphatic carbocycles. The summed E-state index contributed by atoms with van der Waals surface area (Å²) in [6.45, 7) is 0.566. The molecule has 1 aliphatic heterocycles. The second-order valence-electron chi connectivity index (χ2n) is 5.23. The van der Waals surface area contributed by atoms with Gasteiger partial charge >= 0.3 is 0 Å². The van der Waals surface area contributed by atoms with Crippen molar-refractivity contribution in [2.45, 2.75) is 12.0 Å². The molecule has 0 unspecified atom stereocenters. The van der Waals surface area contributed by atoms with Gasteiger partial charge in [0.2, 0.25) is 5.91 Å². The van der Waals surface area contributed by atoms with Crippen molar-refractivity contribution in [2.24, 2.45) is 0 Å². The molecule has 2 heterocycles. The Morgan fingerprint density at radius 2 is 2.23 bits per heavy atom. The van der Waals surface area contributed by atoms with E-state index in [1.165, 1.54) is 6.08 Å². The van der Waals surface area contributed by atoms with Gasteiger partial charge in [-0.15, -0.1) is 0 Å². The fourth-order valence-corrected chi connectivity index (χ4v) is 2.46. The highest BCUT2D eigenvalue weighted by Gasteiger charge is 2.35. The monoisotopic (exact) mass is 299 g/mol. The summed E-state index contributed by atoms with van der Waals surface area (Å²) in [4.78, 5) is 11.9. The molecule has 0 saturated carbocycles. The fourth-order valence-electron chi connectivity index (χ4n) is 2.46. The maximum absolute atomic E-state index is 11.9. The molecule has 1 atom stereocenters. The van der Waals surface area contributed by atoms with Crippen LogP contribution in [-0.4, -0.2) is 24.2 Å². The van der Waals surface area contributed by atoms with Gasteiger partial charge in [-0.3, -0.25) is 4.79 Å². The molecule has 0 spiro atoms. The highest BCUT2D eigenvalue weighted by molar-refractivity contribution is 5.91. The molecule has 114 valence electrons. The van der Waals surface area contributed by atoms with Crippen LogP contribution in [0.4, 0.5) is 0 Å². The van der Waals surface area contributed by atoms with Crippen molar-refractivity contribution < 1.29 is 19.1 Å². The molecule has 2 aromatic rings. The molecule has 0 fully saturated rings. The Balaban J connectivity index is 1.65. The second kappa shape index (κ2) is 6.07. The van der Waals surface area contributed by atoms with Gasteiger partial charge < -0.3 is 19.6 Å². The lowest BCUT2D eigenvalue weighted by molar-refractivity contribution is -0.118. The molecule has 3 rings (SSSR count). The minimum atomic E-state index is -1.10. The minimum Gasteiger partial charge on any atom is -0.493 e. The summed E-state index contributed by atoms with van der Waals surface area (Å²) in [6.07, 6.45) is 6.60. The largest absolute Gasteiger partial charge is 0.493 e. The third-order valence-corrected chi connectivity index (χ3v) is 3.69. The number of aliphatic hydroxyl groups is 1. The molecule has 2 N–H and O–H groups in total. The molecular formula is C17H17NO4. The van der Waals surface area contributed by atoms with Gasteiger partial charge in [0.05, 0.1) is 25.7 Å². The Morgan fingerprint density at radius 3 is 3.05 bits per heavy atom. The van der Waals surface area contributed by atoms with Gasteiger partial charge in [0.25, 0.3) is 0 Å². The van der Waals surface area contributed by atoms with Crippen molar-refractivity contribution in [3.8, 4) is 5.75 Å². The molecule has 0 radical (unpaired) electrons. The van der Waals surface area contributed by atoms with Crippen molar-refractivity contribution >= 4 is 12.0 Å². The lowest BCUT2D eigenvalue weighted by Crippen LogP contribution is -2.43. The Kier molecular flexibility index (Phi) is 3.98. The summed E-state index contributed by atoms with van der Waals surface area (Å²) < 4.78 is 10.4. The molecule has 0 bridgehead atoms. The number of rotatable bonds is 4. The van der Waals surface area contributed by atoms with Gasteiger partial charge in [0.1, 0.15) is 11.4 Å². The number of ether oxygens (including phenoxy) is 1. The summed E-state index contributed by atoms with van der Waals surface area (Å²) in [7, 11) is 0. The van der Waals surface area contributed by atoms with E-state index in [0.29, 0.717) is 24.3 Å². The normalized spacial score (nSPS) is 20.4. The Bertz CT molecular complexity index is 678. The molecule has 1 aromatic carbocycles. The summed E-state index contributed by atoms with van der Waals surface area (Å²) in [5.41, 5.74) is 0.416. The number of para-hydroxylation sites is 1. The van der Waals surface area contributed by atoms with Crippen LogP contribution in [0.2, 0.25) is 0 Å². The van der Waals surface area contributed by atoms with Gasteiger partial charge in [-0.2, -0.15) is 0 Å². The molecule has 1 aromatic heterocycles. The molecule has 5 nitrogen and oxygen atoms in total. The highest BCUT2D eigenvalue weighted by atomic mass is 16.5. The average molecular weight is 299 g/mol. The standard InChI is InChI=1S/C17H17NO4/c19-16(6-5-13-7-9-21-11-13)18-12-17(20)8-10-22-15-4-2-1-3-14(15)17/h1-7,9,11,20H,8,10,12H2,(H,18,19)/b6-5+/t17-/m1/s1. The summed E-state index contributed by atoms with van der Waals surface area (Å²) in [5.74, 6) is 0.401. The molecule has 0 saturated heterocycles. The SMILES string of the molecule is O=C(/C=C/c1ccoc1)NC[C@]1(O)CCOc2ccccc21. The quantitative estimate of drug-likeness (QED) is 0.848. The third kappa shape index (κ3) is 3.04. The van der Waals surface area contributed by atoms with Crippen LogP contribution in [0.3, 0.4) is 0 Å². The van der Waals surface area contributed by atoms with E-state index >= 15 is 0 Å². The topological polar surface area (TPSA) is 71.7 Å². The smallest absolute Gasteiger partial charge is 0.244 e. The molecule has 22 heavy (non-hydrogen) atoms. The molecule has 5 heteroatoms. The Labute approximate surface area is 128 Å². The molecular weight excluding hydrogens is 282 g/mol. The van der Waals surface area contributed by atoms with Crippen molar-refractivity contribution in [1.82, 2.24) is 5.32 Å². The lowest BCUT2D eigenvalue weighted by atomic mass is 9.88. The molecule has 1 aliphatic rings.